The number of hydrogen-bond acceptors (Lipinski definition) is 5. The molecule has 0 aromatic heterocycles. The molecular weight excluding hydrogens is 388 g/mol. The number of sulfonamides is 1. The molecule has 0 heterocycles. The molecule has 0 aliphatic carbocycles. The van der Waals surface area contributed by atoms with E-state index in [2.05, 4.69) is 4.72 Å². The number of esters is 1. The summed E-state index contributed by atoms with van der Waals surface area (Å²) in [6.45, 7) is 3.42. The summed E-state index contributed by atoms with van der Waals surface area (Å²) in [5.74, 6) is -0.993. The standard InChI is InChI=1S/C19H19ClN2O4S/c1-13(2)18(22-27(24,25)17-9-7-16(20)8-10-17)19(23)26-12-15-5-3-14(11-21)4-6-15/h3-10,13,18,22H,12H2,1-2H3/t18-/m0/s1. The fraction of sp³-hybridized carbons (Fsp3) is 0.263. The summed E-state index contributed by atoms with van der Waals surface area (Å²) >= 11 is 5.78. The number of ether oxygens (including phenoxy) is 1. The Bertz CT molecular complexity index is 933. The van der Waals surface area contributed by atoms with Crippen LogP contribution in [-0.4, -0.2) is 20.4 Å². The third-order valence-electron chi connectivity index (χ3n) is 3.79. The number of hydrogen-bond donors (Lipinski definition) is 1. The molecule has 0 aliphatic heterocycles. The number of nitriles is 1. The molecule has 2 rings (SSSR count). The lowest BCUT2D eigenvalue weighted by atomic mass is 10.1. The van der Waals surface area contributed by atoms with Crippen molar-refractivity contribution in [3.63, 3.8) is 0 Å². The Hall–Kier alpha value is -2.40. The molecule has 0 unspecified atom stereocenters. The highest BCUT2D eigenvalue weighted by molar-refractivity contribution is 7.89. The van der Waals surface area contributed by atoms with Crippen molar-refractivity contribution >= 4 is 27.6 Å². The Kier molecular flexibility index (Phi) is 6.97. The van der Waals surface area contributed by atoms with E-state index >= 15 is 0 Å². The van der Waals surface area contributed by atoms with Gasteiger partial charge < -0.3 is 4.74 Å². The highest BCUT2D eigenvalue weighted by atomic mass is 35.5. The highest BCUT2D eigenvalue weighted by Gasteiger charge is 2.29. The van der Waals surface area contributed by atoms with Crippen LogP contribution >= 0.6 is 11.6 Å². The van der Waals surface area contributed by atoms with Gasteiger partial charge in [-0.15, -0.1) is 0 Å². The molecule has 142 valence electrons. The fourth-order valence-corrected chi connectivity index (χ4v) is 3.68. The quantitative estimate of drug-likeness (QED) is 0.712. The van der Waals surface area contributed by atoms with Gasteiger partial charge in [-0.1, -0.05) is 37.6 Å². The van der Waals surface area contributed by atoms with Gasteiger partial charge in [0.15, 0.2) is 0 Å². The number of carbonyl (C=O) groups excluding carboxylic acids is 1. The summed E-state index contributed by atoms with van der Waals surface area (Å²) in [7, 11) is -3.90. The van der Waals surface area contributed by atoms with E-state index in [4.69, 9.17) is 21.6 Å². The van der Waals surface area contributed by atoms with E-state index in [1.807, 2.05) is 6.07 Å². The fourth-order valence-electron chi connectivity index (χ4n) is 2.23. The smallest absolute Gasteiger partial charge is 0.324 e. The van der Waals surface area contributed by atoms with Crippen LogP contribution in [0.4, 0.5) is 0 Å². The molecule has 2 aromatic rings. The number of nitrogens with one attached hydrogen (secondary N) is 1. The van der Waals surface area contributed by atoms with Gasteiger partial charge >= 0.3 is 5.97 Å². The molecular formula is C19H19ClN2O4S. The van der Waals surface area contributed by atoms with Crippen LogP contribution in [0.15, 0.2) is 53.4 Å². The minimum atomic E-state index is -3.90. The van der Waals surface area contributed by atoms with Crippen molar-refractivity contribution in [1.82, 2.24) is 4.72 Å². The van der Waals surface area contributed by atoms with Gasteiger partial charge in [0, 0.05) is 5.02 Å². The molecule has 0 bridgehead atoms. The first-order valence-corrected chi connectivity index (χ1v) is 10.0. The Balaban J connectivity index is 2.07. The van der Waals surface area contributed by atoms with Gasteiger partial charge in [-0.05, 0) is 47.9 Å². The number of halogens is 1. The Morgan fingerprint density at radius 1 is 1.15 bits per heavy atom. The van der Waals surface area contributed by atoms with Crippen LogP contribution in [0.5, 0.6) is 0 Å². The summed E-state index contributed by atoms with van der Waals surface area (Å²) in [5.41, 5.74) is 1.20. The summed E-state index contributed by atoms with van der Waals surface area (Å²) < 4.78 is 32.7. The zero-order valence-corrected chi connectivity index (χ0v) is 16.4. The van der Waals surface area contributed by atoms with E-state index in [-0.39, 0.29) is 17.4 Å². The van der Waals surface area contributed by atoms with E-state index in [0.29, 0.717) is 16.1 Å². The van der Waals surface area contributed by atoms with Gasteiger partial charge in [0.05, 0.1) is 16.5 Å². The molecule has 8 heteroatoms. The molecule has 0 radical (unpaired) electrons. The van der Waals surface area contributed by atoms with Crippen molar-refractivity contribution in [2.24, 2.45) is 5.92 Å². The van der Waals surface area contributed by atoms with Gasteiger partial charge in [-0.25, -0.2) is 8.42 Å². The lowest BCUT2D eigenvalue weighted by Gasteiger charge is -2.21. The van der Waals surface area contributed by atoms with E-state index < -0.39 is 22.0 Å². The second kappa shape index (κ2) is 9.00. The Labute approximate surface area is 163 Å². The first-order valence-electron chi connectivity index (χ1n) is 8.16. The van der Waals surface area contributed by atoms with Crippen LogP contribution in [0.25, 0.3) is 0 Å². The Morgan fingerprint density at radius 3 is 2.26 bits per heavy atom. The van der Waals surface area contributed by atoms with Crippen molar-refractivity contribution in [3.05, 3.63) is 64.7 Å². The molecule has 6 nitrogen and oxygen atoms in total. The maximum absolute atomic E-state index is 12.5. The van der Waals surface area contributed by atoms with Gasteiger partial charge in [0.2, 0.25) is 10.0 Å². The number of rotatable bonds is 7. The average Bonchev–Trinajstić information content (AvgIpc) is 2.64. The predicted octanol–water partition coefficient (Wildman–Crippen LogP) is 3.26. The van der Waals surface area contributed by atoms with E-state index in [1.54, 1.807) is 38.1 Å². The second-order valence-electron chi connectivity index (χ2n) is 6.21. The van der Waals surface area contributed by atoms with Crippen LogP contribution < -0.4 is 4.72 Å². The van der Waals surface area contributed by atoms with Crippen LogP contribution in [0.2, 0.25) is 5.02 Å². The van der Waals surface area contributed by atoms with Gasteiger partial charge in [-0.3, -0.25) is 4.79 Å². The lowest BCUT2D eigenvalue weighted by molar-refractivity contribution is -0.148. The maximum Gasteiger partial charge on any atom is 0.324 e. The molecule has 1 N–H and O–H groups in total. The molecule has 1 atom stereocenters. The van der Waals surface area contributed by atoms with Crippen molar-refractivity contribution in [1.29, 1.82) is 5.26 Å². The van der Waals surface area contributed by atoms with Gasteiger partial charge in [-0.2, -0.15) is 9.98 Å². The Morgan fingerprint density at radius 2 is 1.74 bits per heavy atom. The first-order chi connectivity index (χ1) is 12.7. The van der Waals surface area contributed by atoms with Crippen LogP contribution in [0.3, 0.4) is 0 Å². The van der Waals surface area contributed by atoms with Crippen molar-refractivity contribution in [2.45, 2.75) is 31.4 Å². The summed E-state index contributed by atoms with van der Waals surface area (Å²) in [6.07, 6.45) is 0. The third kappa shape index (κ3) is 5.79. The molecule has 0 spiro atoms. The number of carbonyl (C=O) groups is 1. The number of benzene rings is 2. The SMILES string of the molecule is CC(C)[C@H](NS(=O)(=O)c1ccc(Cl)cc1)C(=O)OCc1ccc(C#N)cc1. The maximum atomic E-state index is 12.5. The summed E-state index contributed by atoms with van der Waals surface area (Å²) in [6, 6.07) is 13.2. The molecule has 0 fully saturated rings. The second-order valence-corrected chi connectivity index (χ2v) is 8.36. The third-order valence-corrected chi connectivity index (χ3v) is 5.50. The molecule has 0 saturated carbocycles. The predicted molar refractivity (Wildman–Crippen MR) is 101 cm³/mol. The molecule has 0 amide bonds. The minimum absolute atomic E-state index is 0.0115. The minimum Gasteiger partial charge on any atom is -0.460 e. The topological polar surface area (TPSA) is 96.3 Å². The zero-order chi connectivity index (χ0) is 20.0. The van der Waals surface area contributed by atoms with Crippen molar-refractivity contribution < 1.29 is 17.9 Å². The van der Waals surface area contributed by atoms with E-state index in [9.17, 15) is 13.2 Å². The summed E-state index contributed by atoms with van der Waals surface area (Å²) in [5, 5.41) is 9.20. The molecule has 27 heavy (non-hydrogen) atoms. The highest BCUT2D eigenvalue weighted by Crippen LogP contribution is 2.16. The van der Waals surface area contributed by atoms with E-state index in [1.165, 1.54) is 24.3 Å². The largest absolute Gasteiger partial charge is 0.460 e. The molecule has 0 aliphatic rings. The van der Waals surface area contributed by atoms with Crippen molar-refractivity contribution in [3.8, 4) is 6.07 Å². The lowest BCUT2D eigenvalue weighted by Crippen LogP contribution is -2.45. The zero-order valence-electron chi connectivity index (χ0n) is 14.8. The van der Waals surface area contributed by atoms with Crippen LogP contribution in [0, 0.1) is 17.2 Å². The normalized spacial score (nSPS) is 12.4. The number of nitrogens with zero attached hydrogens (tertiary/aromatic N) is 1. The van der Waals surface area contributed by atoms with Crippen molar-refractivity contribution in [2.75, 3.05) is 0 Å². The molecule has 2 aromatic carbocycles. The average molecular weight is 407 g/mol. The van der Waals surface area contributed by atoms with Gasteiger partial charge in [0.25, 0.3) is 0 Å². The summed E-state index contributed by atoms with van der Waals surface area (Å²) in [4.78, 5) is 12.4. The van der Waals surface area contributed by atoms with Gasteiger partial charge in [0.1, 0.15) is 12.6 Å². The van der Waals surface area contributed by atoms with Crippen LogP contribution in [-0.2, 0) is 26.2 Å². The first kappa shape index (κ1) is 20.9. The molecule has 0 saturated heterocycles. The monoisotopic (exact) mass is 406 g/mol. The van der Waals surface area contributed by atoms with E-state index in [0.717, 1.165) is 0 Å². The van der Waals surface area contributed by atoms with Crippen LogP contribution in [0.1, 0.15) is 25.0 Å².